The first-order valence-electron chi connectivity index (χ1n) is 9.40. The first kappa shape index (κ1) is 18.7. The first-order valence-corrected chi connectivity index (χ1v) is 9.40. The van der Waals surface area contributed by atoms with Crippen molar-refractivity contribution in [3.63, 3.8) is 0 Å². The minimum atomic E-state index is -0.0651. The summed E-state index contributed by atoms with van der Waals surface area (Å²) in [6, 6.07) is 29.8. The summed E-state index contributed by atoms with van der Waals surface area (Å²) in [6.45, 7) is 0.796. The van der Waals surface area contributed by atoms with E-state index in [1.54, 1.807) is 0 Å². The van der Waals surface area contributed by atoms with Crippen molar-refractivity contribution < 1.29 is 5.11 Å². The summed E-state index contributed by atoms with van der Waals surface area (Å²) in [5.41, 5.74) is 2.37. The van der Waals surface area contributed by atoms with Crippen molar-refractivity contribution in [2.45, 2.75) is 12.6 Å². The number of aliphatic hydroxyl groups is 1. The fourth-order valence-electron chi connectivity index (χ4n) is 4.16. The summed E-state index contributed by atoms with van der Waals surface area (Å²) in [4.78, 5) is 0. The Balaban J connectivity index is 0.00000192. The molecule has 0 heterocycles. The maximum Gasteiger partial charge on any atom is 0.0626 e. The molecule has 2 N–H and O–H groups in total. The zero-order valence-electron chi connectivity index (χ0n) is 15.4. The Kier molecular flexibility index (Phi) is 5.19. The van der Waals surface area contributed by atoms with E-state index in [0.29, 0.717) is 6.54 Å². The molecular weight excluding hydrogens is 366 g/mol. The van der Waals surface area contributed by atoms with Crippen LogP contribution < -0.4 is 5.32 Å². The number of hydrogen-bond acceptors (Lipinski definition) is 2. The number of nitrogens with one attached hydrogen (secondary N) is 1. The monoisotopic (exact) mass is 387 g/mol. The average molecular weight is 388 g/mol. The molecule has 0 radical (unpaired) electrons. The zero-order valence-corrected chi connectivity index (χ0v) is 16.2. The second-order valence-electron chi connectivity index (χ2n) is 7.11. The SMILES string of the molecule is Cl.OCC(NCc1ccc2ccc3cccc4ccc1c2c34)c1ccccc1. The van der Waals surface area contributed by atoms with E-state index < -0.39 is 0 Å². The molecule has 0 aliphatic carbocycles. The summed E-state index contributed by atoms with van der Waals surface area (Å²) >= 11 is 0. The van der Waals surface area contributed by atoms with Gasteiger partial charge in [0.05, 0.1) is 12.6 Å². The highest BCUT2D eigenvalue weighted by molar-refractivity contribution is 6.23. The maximum atomic E-state index is 9.83. The molecule has 1 atom stereocenters. The van der Waals surface area contributed by atoms with Crippen LogP contribution >= 0.6 is 12.4 Å². The molecule has 0 aliphatic heterocycles. The smallest absolute Gasteiger partial charge is 0.0626 e. The van der Waals surface area contributed by atoms with Gasteiger partial charge in [0.25, 0.3) is 0 Å². The molecule has 0 spiro atoms. The molecule has 0 fully saturated rings. The Hall–Kier alpha value is -2.65. The molecule has 0 saturated heterocycles. The third kappa shape index (κ3) is 3.10. The normalized spacial score (nSPS) is 12.5. The lowest BCUT2D eigenvalue weighted by molar-refractivity contribution is 0.244. The van der Waals surface area contributed by atoms with E-state index in [1.807, 2.05) is 18.2 Å². The van der Waals surface area contributed by atoms with Gasteiger partial charge in [0.2, 0.25) is 0 Å². The van der Waals surface area contributed by atoms with E-state index in [0.717, 1.165) is 5.56 Å². The fraction of sp³-hybridized carbons (Fsp3) is 0.120. The van der Waals surface area contributed by atoms with Crippen LogP contribution in [0.15, 0.2) is 84.9 Å². The molecule has 5 rings (SSSR count). The van der Waals surface area contributed by atoms with Crippen LogP contribution in [0.4, 0.5) is 0 Å². The third-order valence-electron chi connectivity index (χ3n) is 5.54. The van der Waals surface area contributed by atoms with Gasteiger partial charge < -0.3 is 10.4 Å². The van der Waals surface area contributed by atoms with Gasteiger partial charge in [-0.15, -0.1) is 12.4 Å². The molecule has 0 aromatic heterocycles. The van der Waals surface area contributed by atoms with Crippen molar-refractivity contribution in [3.05, 3.63) is 96.1 Å². The predicted octanol–water partition coefficient (Wildman–Crippen LogP) is 5.83. The number of hydrogen-bond donors (Lipinski definition) is 2. The Labute approximate surface area is 170 Å². The van der Waals surface area contributed by atoms with Crippen LogP contribution in [0, 0.1) is 0 Å². The van der Waals surface area contributed by atoms with Gasteiger partial charge in [-0.05, 0) is 43.4 Å². The Morgan fingerprint density at radius 3 is 2.04 bits per heavy atom. The number of benzene rings is 5. The average Bonchev–Trinajstić information content (AvgIpc) is 2.74. The van der Waals surface area contributed by atoms with E-state index in [-0.39, 0.29) is 25.1 Å². The molecule has 0 bridgehead atoms. The zero-order chi connectivity index (χ0) is 18.2. The van der Waals surface area contributed by atoms with Gasteiger partial charge in [-0.2, -0.15) is 0 Å². The van der Waals surface area contributed by atoms with Crippen molar-refractivity contribution in [2.75, 3.05) is 6.61 Å². The molecule has 5 aromatic rings. The lowest BCUT2D eigenvalue weighted by Crippen LogP contribution is -2.24. The molecule has 0 amide bonds. The number of rotatable bonds is 5. The quantitative estimate of drug-likeness (QED) is 0.372. The highest BCUT2D eigenvalue weighted by Gasteiger charge is 2.13. The van der Waals surface area contributed by atoms with Crippen LogP contribution in [0.1, 0.15) is 17.2 Å². The summed E-state index contributed by atoms with van der Waals surface area (Å²) in [5, 5.41) is 21.2. The maximum absolute atomic E-state index is 9.83. The van der Waals surface area contributed by atoms with Crippen LogP contribution in [-0.2, 0) is 6.54 Å². The highest BCUT2D eigenvalue weighted by atomic mass is 35.5. The van der Waals surface area contributed by atoms with E-state index >= 15 is 0 Å². The molecule has 2 nitrogen and oxygen atoms in total. The second kappa shape index (κ2) is 7.76. The van der Waals surface area contributed by atoms with Crippen LogP contribution in [0.5, 0.6) is 0 Å². The van der Waals surface area contributed by atoms with E-state index in [1.165, 1.54) is 37.9 Å². The highest BCUT2D eigenvalue weighted by Crippen LogP contribution is 2.36. The summed E-state index contributed by atoms with van der Waals surface area (Å²) < 4.78 is 0. The van der Waals surface area contributed by atoms with Crippen molar-refractivity contribution >= 4 is 44.7 Å². The second-order valence-corrected chi connectivity index (χ2v) is 7.11. The molecule has 0 aliphatic rings. The Morgan fingerprint density at radius 1 is 0.679 bits per heavy atom. The van der Waals surface area contributed by atoms with E-state index in [4.69, 9.17) is 0 Å². The minimum Gasteiger partial charge on any atom is -0.394 e. The lowest BCUT2D eigenvalue weighted by Gasteiger charge is -2.19. The molecule has 28 heavy (non-hydrogen) atoms. The largest absolute Gasteiger partial charge is 0.394 e. The third-order valence-corrected chi connectivity index (χ3v) is 5.54. The standard InChI is InChI=1S/C25H21NO.ClH/c27-16-23(17-5-2-1-3-6-17)26-15-21-12-11-20-10-9-18-7-4-8-19-13-14-22(21)25(20)24(18)19;/h1-14,23,26-27H,15-16H2;1H. The Bertz CT molecular complexity index is 1200. The van der Waals surface area contributed by atoms with Crippen molar-refractivity contribution in [2.24, 2.45) is 0 Å². The van der Waals surface area contributed by atoms with Crippen molar-refractivity contribution in [1.82, 2.24) is 5.32 Å². The number of aliphatic hydroxyl groups excluding tert-OH is 1. The predicted molar refractivity (Wildman–Crippen MR) is 121 cm³/mol. The van der Waals surface area contributed by atoms with Crippen molar-refractivity contribution in [3.8, 4) is 0 Å². The summed E-state index contributed by atoms with van der Waals surface area (Å²) in [7, 11) is 0. The van der Waals surface area contributed by atoms with Crippen LogP contribution in [-0.4, -0.2) is 11.7 Å². The molecule has 3 heteroatoms. The summed E-state index contributed by atoms with van der Waals surface area (Å²) in [6.07, 6.45) is 0. The first-order chi connectivity index (χ1) is 13.3. The fourth-order valence-corrected chi connectivity index (χ4v) is 4.16. The topological polar surface area (TPSA) is 32.3 Å². The minimum absolute atomic E-state index is 0. The van der Waals surface area contributed by atoms with E-state index in [2.05, 4.69) is 72.0 Å². The van der Waals surface area contributed by atoms with Gasteiger partial charge in [0.15, 0.2) is 0 Å². The van der Waals surface area contributed by atoms with Crippen LogP contribution in [0.2, 0.25) is 0 Å². The van der Waals surface area contributed by atoms with Gasteiger partial charge in [-0.25, -0.2) is 0 Å². The van der Waals surface area contributed by atoms with Gasteiger partial charge in [-0.3, -0.25) is 0 Å². The molecule has 5 aromatic carbocycles. The number of halogens is 1. The van der Waals surface area contributed by atoms with Crippen LogP contribution in [0.25, 0.3) is 32.3 Å². The van der Waals surface area contributed by atoms with E-state index in [9.17, 15) is 5.11 Å². The van der Waals surface area contributed by atoms with Crippen LogP contribution in [0.3, 0.4) is 0 Å². The molecule has 0 saturated carbocycles. The van der Waals surface area contributed by atoms with Crippen molar-refractivity contribution in [1.29, 1.82) is 0 Å². The molecule has 1 unspecified atom stereocenters. The molecular formula is C25H22ClNO. The Morgan fingerprint density at radius 2 is 1.32 bits per heavy atom. The summed E-state index contributed by atoms with van der Waals surface area (Å²) in [5.74, 6) is 0. The van der Waals surface area contributed by atoms with Gasteiger partial charge in [-0.1, -0.05) is 84.9 Å². The lowest BCUT2D eigenvalue weighted by atomic mass is 9.92. The van der Waals surface area contributed by atoms with Gasteiger partial charge in [0, 0.05) is 6.54 Å². The van der Waals surface area contributed by atoms with Gasteiger partial charge >= 0.3 is 0 Å². The van der Waals surface area contributed by atoms with Gasteiger partial charge in [0.1, 0.15) is 0 Å². The molecule has 140 valence electrons.